The summed E-state index contributed by atoms with van der Waals surface area (Å²) in [5.74, 6) is 0. The minimum atomic E-state index is 1.12. The summed E-state index contributed by atoms with van der Waals surface area (Å²) >= 11 is 1.91. The molecule has 0 unspecified atom stereocenters. The van der Waals surface area contributed by atoms with Crippen LogP contribution < -0.4 is 9.80 Å². The van der Waals surface area contributed by atoms with Gasteiger partial charge in [-0.1, -0.05) is 182 Å². The van der Waals surface area contributed by atoms with E-state index in [9.17, 15) is 0 Å². The fourth-order valence-electron chi connectivity index (χ4n) is 10.2. The molecule has 0 aliphatic carbocycles. The summed E-state index contributed by atoms with van der Waals surface area (Å²) in [6, 6.07) is 84.8. The van der Waals surface area contributed by atoms with Crippen LogP contribution in [0, 0.1) is 0 Å². The van der Waals surface area contributed by atoms with Gasteiger partial charge in [0.1, 0.15) is 0 Å². The molecule has 0 fully saturated rings. The van der Waals surface area contributed by atoms with Gasteiger partial charge in [-0.25, -0.2) is 0 Å². The van der Waals surface area contributed by atoms with Crippen molar-refractivity contribution in [1.82, 2.24) is 0 Å². The minimum Gasteiger partial charge on any atom is -0.308 e. The van der Waals surface area contributed by atoms with Crippen LogP contribution in [-0.2, 0) is 0 Å². The molecule has 1 aromatic heterocycles. The van der Waals surface area contributed by atoms with Gasteiger partial charge >= 0.3 is 0 Å². The quantitative estimate of drug-likeness (QED) is 0.154. The normalized spacial score (nSPS) is 11.8. The fourth-order valence-corrected chi connectivity index (χ4v) is 11.5. The summed E-state index contributed by atoms with van der Waals surface area (Å²) in [6.07, 6.45) is 0. The first kappa shape index (κ1) is 35.7. The maximum absolute atomic E-state index is 2.51. The van der Waals surface area contributed by atoms with E-state index in [0.29, 0.717) is 0 Å². The Bertz CT molecular complexity index is 3670. The van der Waals surface area contributed by atoms with E-state index < -0.39 is 0 Å². The first-order valence-electron chi connectivity index (χ1n) is 21.6. The van der Waals surface area contributed by atoms with Crippen molar-refractivity contribution in [2.75, 3.05) is 9.80 Å². The Morgan fingerprint density at radius 2 is 0.603 bits per heavy atom. The number of fused-ring (bicyclic) bond motifs is 13. The molecule has 0 radical (unpaired) electrons. The molecule has 2 nitrogen and oxygen atoms in total. The fraction of sp³-hybridized carbons (Fsp3) is 0. The van der Waals surface area contributed by atoms with Crippen LogP contribution in [0.4, 0.5) is 34.1 Å². The summed E-state index contributed by atoms with van der Waals surface area (Å²) in [6.45, 7) is 0. The number of thiophene rings is 1. The highest BCUT2D eigenvalue weighted by molar-refractivity contribution is 7.27. The lowest BCUT2D eigenvalue weighted by atomic mass is 9.96. The van der Waals surface area contributed by atoms with Crippen molar-refractivity contribution in [3.63, 3.8) is 0 Å². The average Bonchev–Trinajstić information content (AvgIpc) is 3.77. The second kappa shape index (κ2) is 14.3. The number of para-hydroxylation sites is 2. The van der Waals surface area contributed by atoms with Crippen molar-refractivity contribution < 1.29 is 0 Å². The molecule has 0 N–H and O–H groups in total. The third kappa shape index (κ3) is 5.57. The lowest BCUT2D eigenvalue weighted by Gasteiger charge is -2.28. The van der Waals surface area contributed by atoms with E-state index in [-0.39, 0.29) is 0 Å². The first-order valence-corrected chi connectivity index (χ1v) is 22.4. The molecular formula is C60H38N2S. The maximum atomic E-state index is 2.51. The Balaban J connectivity index is 1.18. The molecule has 13 rings (SSSR count). The van der Waals surface area contributed by atoms with Crippen LogP contribution in [0.1, 0.15) is 0 Å². The lowest BCUT2D eigenvalue weighted by Crippen LogP contribution is -2.10. The van der Waals surface area contributed by atoms with Gasteiger partial charge in [0.15, 0.2) is 0 Å². The topological polar surface area (TPSA) is 6.48 Å². The van der Waals surface area contributed by atoms with Crippen LogP contribution in [0.15, 0.2) is 231 Å². The number of hydrogen-bond acceptors (Lipinski definition) is 3. The molecule has 0 amide bonds. The van der Waals surface area contributed by atoms with Gasteiger partial charge in [0.2, 0.25) is 0 Å². The summed E-state index contributed by atoms with van der Waals surface area (Å²) in [4.78, 5) is 5.02. The molecule has 3 heteroatoms. The van der Waals surface area contributed by atoms with Gasteiger partial charge in [-0.15, -0.1) is 11.3 Å². The first-order chi connectivity index (χ1) is 31.3. The molecule has 0 bridgehead atoms. The molecule has 0 aliphatic heterocycles. The Labute approximate surface area is 368 Å². The second-order valence-electron chi connectivity index (χ2n) is 16.4. The van der Waals surface area contributed by atoms with Crippen molar-refractivity contribution in [3.8, 4) is 0 Å². The van der Waals surface area contributed by atoms with E-state index in [0.717, 1.165) is 34.1 Å². The number of rotatable bonds is 6. The molecule has 0 atom stereocenters. The van der Waals surface area contributed by atoms with Gasteiger partial charge in [-0.3, -0.25) is 0 Å². The van der Waals surface area contributed by atoms with Crippen LogP contribution in [0.3, 0.4) is 0 Å². The van der Waals surface area contributed by atoms with E-state index in [1.54, 1.807) is 0 Å². The van der Waals surface area contributed by atoms with Crippen LogP contribution in [0.25, 0.3) is 84.8 Å². The Morgan fingerprint density at radius 3 is 1.05 bits per heavy atom. The molecule has 13 aromatic rings. The Kier molecular flexibility index (Phi) is 8.12. The van der Waals surface area contributed by atoms with Crippen molar-refractivity contribution in [2.45, 2.75) is 0 Å². The molecule has 0 saturated heterocycles. The molecule has 0 saturated carbocycles. The highest BCUT2D eigenvalue weighted by Gasteiger charge is 2.27. The van der Waals surface area contributed by atoms with Crippen molar-refractivity contribution in [1.29, 1.82) is 0 Å². The van der Waals surface area contributed by atoms with Gasteiger partial charge in [-0.05, 0) is 102 Å². The zero-order valence-electron chi connectivity index (χ0n) is 34.2. The highest BCUT2D eigenvalue weighted by Crippen LogP contribution is 2.54. The summed E-state index contributed by atoms with van der Waals surface area (Å²) in [7, 11) is 0. The third-order valence-electron chi connectivity index (χ3n) is 12.9. The third-order valence-corrected chi connectivity index (χ3v) is 14.2. The van der Waals surface area contributed by atoms with E-state index >= 15 is 0 Å². The van der Waals surface area contributed by atoms with Crippen molar-refractivity contribution in [3.05, 3.63) is 231 Å². The van der Waals surface area contributed by atoms with E-state index in [4.69, 9.17) is 0 Å². The Morgan fingerprint density at radius 1 is 0.238 bits per heavy atom. The van der Waals surface area contributed by atoms with E-state index in [2.05, 4.69) is 240 Å². The standard InChI is InChI=1S/C60H38N2S/c1-3-21-43(22-4-1)61(53-31-15-29-49-45-25-11-7-17-39(45)33-35-51(49)53)55-37-41-19-9-13-27-47(41)57-58-48-28-14-10-20-42(48)38-56(60(58)63-59(55)57)62(44-23-5-2-6-24-44)54-32-16-30-50-46-26-12-8-18-40(46)34-36-52(50)54/h1-38H. The molecular weight excluding hydrogens is 781 g/mol. The zero-order valence-corrected chi connectivity index (χ0v) is 35.1. The number of hydrogen-bond donors (Lipinski definition) is 0. The van der Waals surface area contributed by atoms with Gasteiger partial charge in [0, 0.05) is 32.9 Å². The van der Waals surface area contributed by atoms with Gasteiger partial charge < -0.3 is 9.80 Å². The summed E-state index contributed by atoms with van der Waals surface area (Å²) < 4.78 is 2.50. The number of nitrogens with zero attached hydrogens (tertiary/aromatic N) is 2. The van der Waals surface area contributed by atoms with Crippen molar-refractivity contribution >= 4 is 130 Å². The van der Waals surface area contributed by atoms with Crippen LogP contribution in [-0.4, -0.2) is 0 Å². The molecule has 1 heterocycles. The largest absolute Gasteiger partial charge is 0.308 e. The summed E-state index contributed by atoms with van der Waals surface area (Å²) in [5, 5.41) is 17.4. The van der Waals surface area contributed by atoms with Crippen molar-refractivity contribution in [2.24, 2.45) is 0 Å². The predicted octanol–water partition coefficient (Wildman–Crippen LogP) is 17.9. The Hall–Kier alpha value is -7.98. The number of anilines is 6. The van der Waals surface area contributed by atoms with Crippen LogP contribution in [0.5, 0.6) is 0 Å². The smallest absolute Gasteiger partial charge is 0.0647 e. The monoisotopic (exact) mass is 818 g/mol. The van der Waals surface area contributed by atoms with Crippen LogP contribution >= 0.6 is 11.3 Å². The minimum absolute atomic E-state index is 1.12. The SMILES string of the molecule is c1ccc(N(c2cccc3c2ccc2ccccc23)c2cc3ccccc3c3c2sc2c(N(c4ccccc4)c4cccc5c4ccc4ccccc45)cc4ccccc4c23)cc1. The number of benzene rings is 12. The predicted molar refractivity (Wildman–Crippen MR) is 274 cm³/mol. The molecule has 294 valence electrons. The lowest BCUT2D eigenvalue weighted by molar-refractivity contribution is 1.32. The molecule has 12 aromatic carbocycles. The highest BCUT2D eigenvalue weighted by atomic mass is 32.1. The summed E-state index contributed by atoms with van der Waals surface area (Å²) in [5.41, 5.74) is 6.86. The average molecular weight is 819 g/mol. The van der Waals surface area contributed by atoms with Gasteiger partial charge in [-0.2, -0.15) is 0 Å². The van der Waals surface area contributed by atoms with E-state index in [1.165, 1.54) is 84.8 Å². The molecule has 63 heavy (non-hydrogen) atoms. The second-order valence-corrected chi connectivity index (χ2v) is 17.4. The van der Waals surface area contributed by atoms with E-state index in [1.807, 2.05) is 11.3 Å². The zero-order chi connectivity index (χ0) is 41.4. The van der Waals surface area contributed by atoms with Gasteiger partial charge in [0.05, 0.1) is 32.1 Å². The molecule has 0 spiro atoms. The van der Waals surface area contributed by atoms with Gasteiger partial charge in [0.25, 0.3) is 0 Å². The maximum Gasteiger partial charge on any atom is 0.0647 e. The van der Waals surface area contributed by atoms with Crippen LogP contribution in [0.2, 0.25) is 0 Å². The molecule has 0 aliphatic rings.